The van der Waals surface area contributed by atoms with Crippen LogP contribution in [0, 0.1) is 5.92 Å². The van der Waals surface area contributed by atoms with E-state index in [4.69, 9.17) is 14.2 Å². The second-order valence-electron chi connectivity index (χ2n) is 11.0. The Labute approximate surface area is 228 Å². The molecule has 1 atom stereocenters. The highest BCUT2D eigenvalue weighted by Gasteiger charge is 2.26. The average molecular weight is 555 g/mol. The summed E-state index contributed by atoms with van der Waals surface area (Å²) in [6.45, 7) is 9.64. The average Bonchev–Trinajstić information content (AvgIpc) is 2.85. The van der Waals surface area contributed by atoms with Crippen molar-refractivity contribution in [2.75, 3.05) is 32.6 Å². The maximum Gasteiger partial charge on any atom is 0.410 e. The van der Waals surface area contributed by atoms with Crippen LogP contribution in [0.5, 0.6) is 5.75 Å². The standard InChI is InChI=1S/C28H46N2O7S/c1-6-7-19-38(33,34)29-24(21-26(31)35-5)20-23-10-12-25(13-11-23)36-18-8-9-22-14-16-30(17-15-22)27(32)37-28(2,3)4/h10-13,22,24,29H,6-9,14-21H2,1-5H3/t24-/m0/s1. The molecule has 9 nitrogen and oxygen atoms in total. The number of likely N-dealkylation sites (tertiary alicyclic amines) is 1. The van der Waals surface area contributed by atoms with Crippen LogP contribution < -0.4 is 9.46 Å². The zero-order chi connectivity index (χ0) is 28.2. The third-order valence-electron chi connectivity index (χ3n) is 6.45. The number of hydrogen-bond acceptors (Lipinski definition) is 7. The lowest BCUT2D eigenvalue weighted by Crippen LogP contribution is -2.41. The number of rotatable bonds is 14. The SMILES string of the molecule is CCCCS(=O)(=O)N[C@H](CC(=O)OC)Cc1ccc(OCCCC2CCN(C(=O)OC(C)(C)C)CC2)cc1. The van der Waals surface area contributed by atoms with Gasteiger partial charge in [-0.1, -0.05) is 25.5 Å². The number of sulfonamides is 1. The van der Waals surface area contributed by atoms with Gasteiger partial charge in [0.1, 0.15) is 11.4 Å². The number of ether oxygens (including phenoxy) is 3. The van der Waals surface area contributed by atoms with Crippen molar-refractivity contribution in [2.24, 2.45) is 5.92 Å². The zero-order valence-electron chi connectivity index (χ0n) is 23.7. The third-order valence-corrected chi connectivity index (χ3v) is 7.97. The minimum absolute atomic E-state index is 0.0309. The minimum Gasteiger partial charge on any atom is -0.494 e. The zero-order valence-corrected chi connectivity index (χ0v) is 24.5. The summed E-state index contributed by atoms with van der Waals surface area (Å²) in [7, 11) is -2.18. The van der Waals surface area contributed by atoms with E-state index in [-0.39, 0.29) is 18.3 Å². The van der Waals surface area contributed by atoms with E-state index < -0.39 is 27.6 Å². The summed E-state index contributed by atoms with van der Waals surface area (Å²) in [6, 6.07) is 6.96. The van der Waals surface area contributed by atoms with Gasteiger partial charge >= 0.3 is 12.1 Å². The maximum atomic E-state index is 12.4. The predicted molar refractivity (Wildman–Crippen MR) is 148 cm³/mol. The van der Waals surface area contributed by atoms with Crippen molar-refractivity contribution in [1.29, 1.82) is 0 Å². The minimum atomic E-state index is -3.47. The van der Waals surface area contributed by atoms with Crippen LogP contribution in [-0.4, -0.2) is 69.6 Å². The van der Waals surface area contributed by atoms with Gasteiger partial charge in [-0.25, -0.2) is 17.9 Å². The largest absolute Gasteiger partial charge is 0.494 e. The van der Waals surface area contributed by atoms with Gasteiger partial charge in [0, 0.05) is 19.1 Å². The second kappa shape index (κ2) is 15.3. The molecule has 0 radical (unpaired) electrons. The van der Waals surface area contributed by atoms with E-state index in [0.717, 1.165) is 56.5 Å². The van der Waals surface area contributed by atoms with Crippen molar-refractivity contribution in [1.82, 2.24) is 9.62 Å². The molecule has 1 N–H and O–H groups in total. The molecule has 216 valence electrons. The van der Waals surface area contributed by atoms with E-state index in [1.807, 2.05) is 52.0 Å². The molecule has 1 aliphatic rings. The molecule has 10 heteroatoms. The summed E-state index contributed by atoms with van der Waals surface area (Å²) in [5, 5.41) is 0. The molecule has 1 saturated heterocycles. The number of esters is 1. The van der Waals surface area contributed by atoms with Gasteiger partial charge < -0.3 is 19.1 Å². The number of carbonyl (C=O) groups excluding carboxylic acids is 2. The van der Waals surface area contributed by atoms with Crippen molar-refractivity contribution in [3.05, 3.63) is 29.8 Å². The summed E-state index contributed by atoms with van der Waals surface area (Å²) in [6.07, 6.45) is 5.39. The van der Waals surface area contributed by atoms with Crippen LogP contribution in [0.2, 0.25) is 0 Å². The molecule has 0 aromatic heterocycles. The van der Waals surface area contributed by atoms with Crippen molar-refractivity contribution < 1.29 is 32.2 Å². The molecule has 0 spiro atoms. The fourth-order valence-corrected chi connectivity index (χ4v) is 5.85. The Hall–Kier alpha value is -2.33. The van der Waals surface area contributed by atoms with Crippen molar-refractivity contribution in [2.45, 2.75) is 90.7 Å². The second-order valence-corrected chi connectivity index (χ2v) is 12.9. The molecule has 1 aromatic carbocycles. The Morgan fingerprint density at radius 2 is 1.76 bits per heavy atom. The molecular formula is C28H46N2O7S. The smallest absolute Gasteiger partial charge is 0.410 e. The first-order chi connectivity index (χ1) is 17.9. The van der Waals surface area contributed by atoms with Gasteiger partial charge in [0.05, 0.1) is 25.9 Å². The first-order valence-corrected chi connectivity index (χ1v) is 15.3. The number of carbonyl (C=O) groups is 2. The molecule has 2 rings (SSSR count). The number of nitrogens with one attached hydrogen (secondary N) is 1. The molecule has 0 unspecified atom stereocenters. The molecule has 0 saturated carbocycles. The van der Waals surface area contributed by atoms with E-state index in [1.54, 1.807) is 4.90 Å². The topological polar surface area (TPSA) is 111 Å². The van der Waals surface area contributed by atoms with Crippen LogP contribution in [0.15, 0.2) is 24.3 Å². The number of unbranched alkanes of at least 4 members (excludes halogenated alkanes) is 1. The third kappa shape index (κ3) is 12.5. The molecule has 1 heterocycles. The first-order valence-electron chi connectivity index (χ1n) is 13.7. The summed E-state index contributed by atoms with van der Waals surface area (Å²) in [5.74, 6) is 0.911. The Balaban J connectivity index is 1.76. The molecular weight excluding hydrogens is 508 g/mol. The fraction of sp³-hybridized carbons (Fsp3) is 0.714. The van der Waals surface area contributed by atoms with E-state index in [0.29, 0.717) is 25.4 Å². The molecule has 38 heavy (non-hydrogen) atoms. The summed E-state index contributed by atoms with van der Waals surface area (Å²) in [5.41, 5.74) is 0.432. The van der Waals surface area contributed by atoms with Crippen molar-refractivity contribution in [3.63, 3.8) is 0 Å². The number of hydrogen-bond donors (Lipinski definition) is 1. The highest BCUT2D eigenvalue weighted by atomic mass is 32.2. The first kappa shape index (κ1) is 31.9. The van der Waals surface area contributed by atoms with E-state index >= 15 is 0 Å². The Morgan fingerprint density at radius 1 is 1.11 bits per heavy atom. The molecule has 1 aromatic rings. The number of benzene rings is 1. The van der Waals surface area contributed by atoms with Crippen LogP contribution in [0.1, 0.15) is 78.2 Å². The van der Waals surface area contributed by atoms with E-state index in [1.165, 1.54) is 7.11 Å². The van der Waals surface area contributed by atoms with Crippen LogP contribution in [0.4, 0.5) is 4.79 Å². The molecule has 1 amide bonds. The lowest BCUT2D eigenvalue weighted by molar-refractivity contribution is -0.141. The molecule has 1 fully saturated rings. The Kier molecular flexibility index (Phi) is 12.8. The van der Waals surface area contributed by atoms with Gasteiger partial charge in [0.15, 0.2) is 0 Å². The van der Waals surface area contributed by atoms with Crippen molar-refractivity contribution in [3.8, 4) is 5.75 Å². The van der Waals surface area contributed by atoms with E-state index in [9.17, 15) is 18.0 Å². The highest BCUT2D eigenvalue weighted by Crippen LogP contribution is 2.24. The molecule has 0 aliphatic carbocycles. The number of amides is 1. The molecule has 1 aliphatic heterocycles. The summed E-state index contributed by atoms with van der Waals surface area (Å²) < 4.78 is 43.5. The van der Waals surface area contributed by atoms with Crippen LogP contribution >= 0.6 is 0 Å². The Morgan fingerprint density at radius 3 is 2.34 bits per heavy atom. The van der Waals surface area contributed by atoms with Crippen LogP contribution in [-0.2, 0) is 30.7 Å². The molecule has 0 bridgehead atoms. The van der Waals surface area contributed by atoms with Gasteiger partial charge in [-0.3, -0.25) is 4.79 Å². The predicted octanol–water partition coefficient (Wildman–Crippen LogP) is 4.69. The van der Waals surface area contributed by atoms with Crippen LogP contribution in [0.3, 0.4) is 0 Å². The van der Waals surface area contributed by atoms with Gasteiger partial charge in [0.25, 0.3) is 0 Å². The van der Waals surface area contributed by atoms with Gasteiger partial charge in [-0.15, -0.1) is 0 Å². The number of methoxy groups -OCH3 is 1. The quantitative estimate of drug-likeness (QED) is 0.262. The summed E-state index contributed by atoms with van der Waals surface area (Å²) >= 11 is 0. The van der Waals surface area contributed by atoms with Crippen LogP contribution in [0.25, 0.3) is 0 Å². The van der Waals surface area contributed by atoms with Crippen molar-refractivity contribution >= 4 is 22.1 Å². The number of nitrogens with zero attached hydrogens (tertiary/aromatic N) is 1. The van der Waals surface area contributed by atoms with Gasteiger partial charge in [-0.2, -0.15) is 0 Å². The normalized spacial score (nSPS) is 15.7. The maximum absolute atomic E-state index is 12.4. The fourth-order valence-electron chi connectivity index (χ4n) is 4.39. The highest BCUT2D eigenvalue weighted by molar-refractivity contribution is 7.89. The number of piperidine rings is 1. The lowest BCUT2D eigenvalue weighted by Gasteiger charge is -2.33. The van der Waals surface area contributed by atoms with Gasteiger partial charge in [-0.05, 0) is 82.9 Å². The van der Waals surface area contributed by atoms with Gasteiger partial charge in [0.2, 0.25) is 10.0 Å². The summed E-state index contributed by atoms with van der Waals surface area (Å²) in [4.78, 5) is 25.8. The monoisotopic (exact) mass is 554 g/mol. The Bertz CT molecular complexity index is 966. The lowest BCUT2D eigenvalue weighted by atomic mass is 9.92. The van der Waals surface area contributed by atoms with E-state index in [2.05, 4.69) is 4.72 Å².